The van der Waals surface area contributed by atoms with Crippen LogP contribution < -0.4 is 5.32 Å². The van der Waals surface area contributed by atoms with Gasteiger partial charge in [0.05, 0.1) is 30.9 Å². The summed E-state index contributed by atoms with van der Waals surface area (Å²) >= 11 is 0. The zero-order valence-electron chi connectivity index (χ0n) is 13.4. The van der Waals surface area contributed by atoms with Crippen LogP contribution in [0.5, 0.6) is 0 Å². The molecular formula is C17H20N4O2. The van der Waals surface area contributed by atoms with Crippen LogP contribution >= 0.6 is 0 Å². The molecule has 23 heavy (non-hydrogen) atoms. The number of H-pyrrole nitrogens is 1. The van der Waals surface area contributed by atoms with Crippen LogP contribution in [0, 0.1) is 13.8 Å². The van der Waals surface area contributed by atoms with E-state index in [1.165, 1.54) is 5.56 Å². The van der Waals surface area contributed by atoms with E-state index in [0.717, 1.165) is 22.2 Å². The first-order valence-electron chi connectivity index (χ1n) is 7.48. The van der Waals surface area contributed by atoms with Crippen LogP contribution in [0.2, 0.25) is 0 Å². The van der Waals surface area contributed by atoms with Gasteiger partial charge < -0.3 is 20.0 Å². The fraction of sp³-hybridized carbons (Fsp3) is 0.294. The van der Waals surface area contributed by atoms with Crippen molar-refractivity contribution >= 4 is 16.8 Å². The van der Waals surface area contributed by atoms with Gasteiger partial charge in [-0.05, 0) is 37.1 Å². The van der Waals surface area contributed by atoms with Crippen LogP contribution in [-0.2, 0) is 7.05 Å². The highest BCUT2D eigenvalue weighted by atomic mass is 16.3. The Morgan fingerprint density at radius 2 is 2.22 bits per heavy atom. The van der Waals surface area contributed by atoms with Crippen molar-refractivity contribution in [1.82, 2.24) is 19.9 Å². The molecule has 0 spiro atoms. The fourth-order valence-electron chi connectivity index (χ4n) is 2.73. The highest BCUT2D eigenvalue weighted by molar-refractivity contribution is 5.99. The third-order valence-corrected chi connectivity index (χ3v) is 4.29. The van der Waals surface area contributed by atoms with Gasteiger partial charge in [0.15, 0.2) is 0 Å². The Balaban J connectivity index is 1.88. The molecule has 0 saturated carbocycles. The number of rotatable bonds is 4. The minimum absolute atomic E-state index is 0.191. The molecule has 0 aliphatic carbocycles. The van der Waals surface area contributed by atoms with E-state index >= 15 is 0 Å². The first-order valence-corrected chi connectivity index (χ1v) is 7.48. The van der Waals surface area contributed by atoms with Crippen LogP contribution in [-0.4, -0.2) is 32.2 Å². The van der Waals surface area contributed by atoms with Crippen LogP contribution in [0.25, 0.3) is 10.9 Å². The van der Waals surface area contributed by atoms with Crippen LogP contribution in [0.15, 0.2) is 30.7 Å². The lowest BCUT2D eigenvalue weighted by Crippen LogP contribution is -2.32. The molecule has 3 rings (SSSR count). The van der Waals surface area contributed by atoms with Gasteiger partial charge in [0.25, 0.3) is 5.91 Å². The Kier molecular flexibility index (Phi) is 3.92. The van der Waals surface area contributed by atoms with Crippen molar-refractivity contribution in [3.8, 4) is 0 Å². The maximum atomic E-state index is 12.5. The van der Waals surface area contributed by atoms with Gasteiger partial charge in [-0.2, -0.15) is 0 Å². The SMILES string of the molecule is Cc1ccc2[nH]c(C(=O)NC(CO)c3cncn3C)cc2c1C. The summed E-state index contributed by atoms with van der Waals surface area (Å²) < 4.78 is 1.78. The van der Waals surface area contributed by atoms with Gasteiger partial charge in [-0.15, -0.1) is 0 Å². The number of hydrogen-bond donors (Lipinski definition) is 3. The van der Waals surface area contributed by atoms with E-state index in [2.05, 4.69) is 15.3 Å². The smallest absolute Gasteiger partial charge is 0.268 e. The second-order valence-electron chi connectivity index (χ2n) is 5.79. The average Bonchev–Trinajstić information content (AvgIpc) is 3.15. The molecule has 6 nitrogen and oxygen atoms in total. The zero-order chi connectivity index (χ0) is 16.6. The molecule has 0 aliphatic heterocycles. The molecule has 0 aliphatic rings. The minimum atomic E-state index is -0.496. The number of aromatic nitrogens is 3. The third-order valence-electron chi connectivity index (χ3n) is 4.29. The Labute approximate surface area is 134 Å². The van der Waals surface area contributed by atoms with Gasteiger partial charge in [0.2, 0.25) is 0 Å². The summed E-state index contributed by atoms with van der Waals surface area (Å²) in [5, 5.41) is 13.5. The lowest BCUT2D eigenvalue weighted by molar-refractivity contribution is 0.0909. The number of fused-ring (bicyclic) bond motifs is 1. The predicted molar refractivity (Wildman–Crippen MR) is 88.3 cm³/mol. The topological polar surface area (TPSA) is 82.9 Å². The maximum Gasteiger partial charge on any atom is 0.268 e. The number of hydrogen-bond acceptors (Lipinski definition) is 3. The monoisotopic (exact) mass is 312 g/mol. The summed E-state index contributed by atoms with van der Waals surface area (Å²) in [6.45, 7) is 3.90. The van der Waals surface area contributed by atoms with Gasteiger partial charge in [-0.1, -0.05) is 6.07 Å². The first kappa shape index (κ1) is 15.3. The molecule has 3 N–H and O–H groups in total. The van der Waals surface area contributed by atoms with Crippen molar-refractivity contribution in [2.45, 2.75) is 19.9 Å². The van der Waals surface area contributed by atoms with Gasteiger partial charge in [0.1, 0.15) is 5.69 Å². The molecule has 2 aromatic heterocycles. The van der Waals surface area contributed by atoms with Crippen molar-refractivity contribution in [2.24, 2.45) is 7.05 Å². The Hall–Kier alpha value is -2.60. The quantitative estimate of drug-likeness (QED) is 0.689. The second-order valence-corrected chi connectivity index (χ2v) is 5.79. The van der Waals surface area contributed by atoms with Crippen LogP contribution in [0.4, 0.5) is 0 Å². The van der Waals surface area contributed by atoms with E-state index in [9.17, 15) is 9.90 Å². The fourth-order valence-corrected chi connectivity index (χ4v) is 2.73. The summed E-state index contributed by atoms with van der Waals surface area (Å²) in [6.07, 6.45) is 3.28. The number of amides is 1. The first-order chi connectivity index (χ1) is 11.0. The van der Waals surface area contributed by atoms with Gasteiger partial charge in [-0.3, -0.25) is 4.79 Å². The van der Waals surface area contributed by atoms with Gasteiger partial charge in [-0.25, -0.2) is 4.98 Å². The van der Waals surface area contributed by atoms with E-state index in [4.69, 9.17) is 0 Å². The van der Waals surface area contributed by atoms with Gasteiger partial charge >= 0.3 is 0 Å². The van der Waals surface area contributed by atoms with E-state index in [1.807, 2.05) is 39.1 Å². The molecule has 1 aromatic carbocycles. The molecule has 1 amide bonds. The molecule has 1 atom stereocenters. The van der Waals surface area contributed by atoms with Crippen molar-refractivity contribution in [3.05, 3.63) is 53.2 Å². The largest absolute Gasteiger partial charge is 0.394 e. The number of nitrogens with one attached hydrogen (secondary N) is 2. The summed E-state index contributed by atoms with van der Waals surface area (Å²) in [7, 11) is 1.83. The number of benzene rings is 1. The lowest BCUT2D eigenvalue weighted by Gasteiger charge is -2.16. The predicted octanol–water partition coefficient (Wildman–Crippen LogP) is 1.98. The van der Waals surface area contributed by atoms with Crippen LogP contribution in [0.1, 0.15) is 33.4 Å². The second kappa shape index (κ2) is 5.89. The summed E-state index contributed by atoms with van der Waals surface area (Å²) in [6, 6.07) is 5.36. The number of aryl methyl sites for hydroxylation is 3. The van der Waals surface area contributed by atoms with Crippen molar-refractivity contribution in [2.75, 3.05) is 6.61 Å². The molecule has 0 fully saturated rings. The van der Waals surface area contributed by atoms with Crippen molar-refractivity contribution < 1.29 is 9.90 Å². The molecular weight excluding hydrogens is 292 g/mol. The Morgan fingerprint density at radius 3 is 2.87 bits per heavy atom. The van der Waals surface area contributed by atoms with Gasteiger partial charge in [0, 0.05) is 18.0 Å². The highest BCUT2D eigenvalue weighted by Gasteiger charge is 2.19. The van der Waals surface area contributed by atoms with E-state index in [1.54, 1.807) is 17.1 Å². The number of aliphatic hydroxyl groups is 1. The zero-order valence-corrected chi connectivity index (χ0v) is 13.4. The van der Waals surface area contributed by atoms with Crippen molar-refractivity contribution in [3.63, 3.8) is 0 Å². The number of aromatic amines is 1. The van der Waals surface area contributed by atoms with E-state index in [0.29, 0.717) is 5.69 Å². The molecule has 120 valence electrons. The molecule has 3 aromatic rings. The summed E-state index contributed by atoms with van der Waals surface area (Å²) in [4.78, 5) is 19.7. The standard InChI is InChI=1S/C17H20N4O2/c1-10-4-5-13-12(11(10)2)6-14(19-13)17(23)20-15(8-22)16-7-18-9-21(16)3/h4-7,9,15,19,22H,8H2,1-3H3,(H,20,23). The maximum absolute atomic E-state index is 12.5. The molecule has 0 saturated heterocycles. The third kappa shape index (κ3) is 2.73. The molecule has 6 heteroatoms. The van der Waals surface area contributed by atoms with E-state index in [-0.39, 0.29) is 12.5 Å². The number of carbonyl (C=O) groups excluding carboxylic acids is 1. The number of imidazole rings is 1. The van der Waals surface area contributed by atoms with Crippen LogP contribution in [0.3, 0.4) is 0 Å². The average molecular weight is 312 g/mol. The summed E-state index contributed by atoms with van der Waals surface area (Å²) in [5.74, 6) is -0.251. The van der Waals surface area contributed by atoms with E-state index < -0.39 is 6.04 Å². The Morgan fingerprint density at radius 1 is 1.43 bits per heavy atom. The minimum Gasteiger partial charge on any atom is -0.394 e. The molecule has 1 unspecified atom stereocenters. The molecule has 0 bridgehead atoms. The number of carbonyl (C=O) groups is 1. The Bertz CT molecular complexity index is 863. The molecule has 2 heterocycles. The highest BCUT2D eigenvalue weighted by Crippen LogP contribution is 2.22. The molecule has 0 radical (unpaired) electrons. The van der Waals surface area contributed by atoms with Crippen molar-refractivity contribution in [1.29, 1.82) is 0 Å². The normalized spacial score (nSPS) is 12.5. The number of aliphatic hydroxyl groups excluding tert-OH is 1. The lowest BCUT2D eigenvalue weighted by atomic mass is 10.1. The summed E-state index contributed by atoms with van der Waals surface area (Å²) in [5.41, 5.74) is 4.51. The number of nitrogens with zero attached hydrogens (tertiary/aromatic N) is 2.